The number of halogens is 1. The van der Waals surface area contributed by atoms with E-state index in [9.17, 15) is 4.39 Å². The van der Waals surface area contributed by atoms with Gasteiger partial charge in [-0.3, -0.25) is 0 Å². The zero-order valence-electron chi connectivity index (χ0n) is 11.4. The van der Waals surface area contributed by atoms with Crippen molar-refractivity contribution in [2.75, 3.05) is 19.4 Å². The van der Waals surface area contributed by atoms with E-state index >= 15 is 0 Å². The van der Waals surface area contributed by atoms with E-state index in [1.807, 2.05) is 19.2 Å². The van der Waals surface area contributed by atoms with Gasteiger partial charge >= 0.3 is 0 Å². The number of rotatable bonds is 7. The van der Waals surface area contributed by atoms with Crippen molar-refractivity contribution in [1.29, 1.82) is 0 Å². The van der Waals surface area contributed by atoms with Crippen LogP contribution in [-0.2, 0) is 6.54 Å². The van der Waals surface area contributed by atoms with E-state index in [2.05, 4.69) is 17.4 Å². The maximum atomic E-state index is 12.7. The molecule has 0 bridgehead atoms. The molecular weight excluding hydrogens is 273 g/mol. The van der Waals surface area contributed by atoms with E-state index < -0.39 is 0 Å². The van der Waals surface area contributed by atoms with Crippen LogP contribution in [0.2, 0.25) is 0 Å². The molecule has 2 aromatic rings. The predicted molar refractivity (Wildman–Crippen MR) is 81.8 cm³/mol. The lowest BCUT2D eigenvalue weighted by Crippen LogP contribution is -2.05. The van der Waals surface area contributed by atoms with E-state index in [0.29, 0.717) is 6.61 Å². The molecule has 1 N–H and O–H groups in total. The van der Waals surface area contributed by atoms with Crippen LogP contribution in [0.5, 0.6) is 5.75 Å². The van der Waals surface area contributed by atoms with Gasteiger partial charge in [0.2, 0.25) is 0 Å². The summed E-state index contributed by atoms with van der Waals surface area (Å²) in [5, 5.41) is 3.11. The highest BCUT2D eigenvalue weighted by atomic mass is 32.2. The average molecular weight is 291 g/mol. The summed E-state index contributed by atoms with van der Waals surface area (Å²) in [5.41, 5.74) is 1.24. The summed E-state index contributed by atoms with van der Waals surface area (Å²) in [6, 6.07) is 14.6. The van der Waals surface area contributed by atoms with E-state index in [0.717, 1.165) is 22.9 Å². The smallest absolute Gasteiger partial charge is 0.123 e. The third-order valence-electron chi connectivity index (χ3n) is 2.74. The van der Waals surface area contributed by atoms with Gasteiger partial charge in [0.25, 0.3) is 0 Å². The fourth-order valence-electron chi connectivity index (χ4n) is 1.76. The molecule has 2 aromatic carbocycles. The zero-order valence-corrected chi connectivity index (χ0v) is 12.3. The van der Waals surface area contributed by atoms with Gasteiger partial charge in [0.05, 0.1) is 6.61 Å². The second-order valence-corrected chi connectivity index (χ2v) is 5.49. The summed E-state index contributed by atoms with van der Waals surface area (Å²) >= 11 is 1.66. The highest BCUT2D eigenvalue weighted by Gasteiger charge is 1.97. The first-order chi connectivity index (χ1) is 9.78. The Morgan fingerprint density at radius 2 is 1.75 bits per heavy atom. The number of hydrogen-bond donors (Lipinski definition) is 1. The Morgan fingerprint density at radius 3 is 2.40 bits per heavy atom. The van der Waals surface area contributed by atoms with Crippen LogP contribution < -0.4 is 10.1 Å². The number of ether oxygens (including phenoxy) is 1. The van der Waals surface area contributed by atoms with Gasteiger partial charge in [-0.05, 0) is 49.0 Å². The fourth-order valence-corrected chi connectivity index (χ4v) is 2.49. The SMILES string of the molecule is CNCc1ccc(OCCSc2ccc(F)cc2)cc1. The average Bonchev–Trinajstić information content (AvgIpc) is 2.47. The molecule has 106 valence electrons. The Morgan fingerprint density at radius 1 is 1.05 bits per heavy atom. The summed E-state index contributed by atoms with van der Waals surface area (Å²) in [5.74, 6) is 1.51. The first kappa shape index (κ1) is 14.9. The van der Waals surface area contributed by atoms with E-state index in [4.69, 9.17) is 4.74 Å². The molecule has 0 heterocycles. The van der Waals surface area contributed by atoms with Crippen molar-refractivity contribution in [3.8, 4) is 5.75 Å². The molecule has 0 aliphatic rings. The van der Waals surface area contributed by atoms with Gasteiger partial charge in [-0.15, -0.1) is 11.8 Å². The highest BCUT2D eigenvalue weighted by Crippen LogP contribution is 2.18. The van der Waals surface area contributed by atoms with Gasteiger partial charge in [0, 0.05) is 17.2 Å². The Balaban J connectivity index is 1.71. The highest BCUT2D eigenvalue weighted by molar-refractivity contribution is 7.99. The van der Waals surface area contributed by atoms with Gasteiger partial charge in [0.15, 0.2) is 0 Å². The van der Waals surface area contributed by atoms with Gasteiger partial charge in [-0.2, -0.15) is 0 Å². The lowest BCUT2D eigenvalue weighted by Gasteiger charge is -2.07. The molecule has 0 radical (unpaired) electrons. The molecule has 2 nitrogen and oxygen atoms in total. The number of nitrogens with one attached hydrogen (secondary N) is 1. The maximum Gasteiger partial charge on any atom is 0.123 e. The summed E-state index contributed by atoms with van der Waals surface area (Å²) in [6.07, 6.45) is 0. The van der Waals surface area contributed by atoms with E-state index in [1.165, 1.54) is 17.7 Å². The summed E-state index contributed by atoms with van der Waals surface area (Å²) in [7, 11) is 1.93. The standard InChI is InChI=1S/C16H18FNOS/c1-18-12-13-2-6-15(7-3-13)19-10-11-20-16-8-4-14(17)5-9-16/h2-9,18H,10-12H2,1H3. The molecule has 0 atom stereocenters. The Labute approximate surface area is 123 Å². The lowest BCUT2D eigenvalue weighted by molar-refractivity contribution is 0.344. The van der Waals surface area contributed by atoms with E-state index in [-0.39, 0.29) is 5.82 Å². The number of benzene rings is 2. The fraction of sp³-hybridized carbons (Fsp3) is 0.250. The van der Waals surface area contributed by atoms with Crippen LogP contribution in [0.1, 0.15) is 5.56 Å². The van der Waals surface area contributed by atoms with E-state index in [1.54, 1.807) is 23.9 Å². The minimum atomic E-state index is -0.202. The number of hydrogen-bond acceptors (Lipinski definition) is 3. The Bertz CT molecular complexity index is 513. The molecule has 20 heavy (non-hydrogen) atoms. The van der Waals surface area contributed by atoms with Gasteiger partial charge in [-0.1, -0.05) is 12.1 Å². The van der Waals surface area contributed by atoms with Crippen LogP contribution in [0.15, 0.2) is 53.4 Å². The van der Waals surface area contributed by atoms with Crippen LogP contribution in [0.4, 0.5) is 4.39 Å². The molecule has 0 unspecified atom stereocenters. The lowest BCUT2D eigenvalue weighted by atomic mass is 10.2. The van der Waals surface area contributed by atoms with Crippen molar-refractivity contribution in [3.05, 3.63) is 59.9 Å². The Kier molecular flexibility index (Phi) is 5.89. The van der Waals surface area contributed by atoms with Crippen molar-refractivity contribution in [2.45, 2.75) is 11.4 Å². The molecule has 2 rings (SSSR count). The normalized spacial score (nSPS) is 10.5. The molecule has 4 heteroatoms. The van der Waals surface area contributed by atoms with Crippen LogP contribution in [0.25, 0.3) is 0 Å². The molecule has 0 aromatic heterocycles. The van der Waals surface area contributed by atoms with Crippen molar-refractivity contribution in [2.24, 2.45) is 0 Å². The van der Waals surface area contributed by atoms with Crippen LogP contribution in [0, 0.1) is 5.82 Å². The molecule has 0 saturated heterocycles. The van der Waals surface area contributed by atoms with Crippen molar-refractivity contribution >= 4 is 11.8 Å². The summed E-state index contributed by atoms with van der Waals surface area (Å²) < 4.78 is 18.4. The van der Waals surface area contributed by atoms with Crippen molar-refractivity contribution in [1.82, 2.24) is 5.32 Å². The quantitative estimate of drug-likeness (QED) is 0.620. The van der Waals surface area contributed by atoms with Crippen LogP contribution in [0.3, 0.4) is 0 Å². The Hall–Kier alpha value is -1.52. The predicted octanol–water partition coefficient (Wildman–Crippen LogP) is 3.72. The largest absolute Gasteiger partial charge is 0.493 e. The zero-order chi connectivity index (χ0) is 14.2. The molecule has 0 fully saturated rings. The third kappa shape index (κ3) is 4.87. The second kappa shape index (κ2) is 7.92. The second-order valence-electron chi connectivity index (χ2n) is 4.33. The third-order valence-corrected chi connectivity index (χ3v) is 3.71. The maximum absolute atomic E-state index is 12.7. The van der Waals surface area contributed by atoms with Crippen LogP contribution in [-0.4, -0.2) is 19.4 Å². The minimum Gasteiger partial charge on any atom is -0.493 e. The molecule has 0 aliphatic heterocycles. The molecular formula is C16H18FNOS. The van der Waals surface area contributed by atoms with Gasteiger partial charge in [0.1, 0.15) is 11.6 Å². The first-order valence-electron chi connectivity index (χ1n) is 6.52. The monoisotopic (exact) mass is 291 g/mol. The van der Waals surface area contributed by atoms with Gasteiger partial charge in [-0.25, -0.2) is 4.39 Å². The first-order valence-corrected chi connectivity index (χ1v) is 7.51. The van der Waals surface area contributed by atoms with Gasteiger partial charge < -0.3 is 10.1 Å². The summed E-state index contributed by atoms with van der Waals surface area (Å²) in [6.45, 7) is 1.49. The molecule has 0 saturated carbocycles. The molecule has 0 amide bonds. The summed E-state index contributed by atoms with van der Waals surface area (Å²) in [4.78, 5) is 1.05. The number of thioether (sulfide) groups is 1. The van der Waals surface area contributed by atoms with Crippen LogP contribution >= 0.6 is 11.8 Å². The van der Waals surface area contributed by atoms with Crippen molar-refractivity contribution < 1.29 is 9.13 Å². The topological polar surface area (TPSA) is 21.3 Å². The molecule has 0 aliphatic carbocycles. The minimum absolute atomic E-state index is 0.202. The molecule has 0 spiro atoms. The van der Waals surface area contributed by atoms with Crippen molar-refractivity contribution in [3.63, 3.8) is 0 Å².